The quantitative estimate of drug-likeness (QED) is 0.451. The van der Waals surface area contributed by atoms with Crippen LogP contribution in [-0.2, 0) is 0 Å². The first-order chi connectivity index (χ1) is 13.8. The molecule has 2 heterocycles. The number of amides is 1. The van der Waals surface area contributed by atoms with Crippen molar-refractivity contribution in [2.24, 2.45) is 5.73 Å². The van der Waals surface area contributed by atoms with Crippen molar-refractivity contribution in [3.63, 3.8) is 0 Å². The fourth-order valence-corrected chi connectivity index (χ4v) is 4.02. The van der Waals surface area contributed by atoms with Gasteiger partial charge in [0.15, 0.2) is 0 Å². The van der Waals surface area contributed by atoms with E-state index in [9.17, 15) is 4.79 Å². The molecule has 5 aromatic rings. The van der Waals surface area contributed by atoms with Gasteiger partial charge in [-0.3, -0.25) is 4.79 Å². The van der Waals surface area contributed by atoms with Crippen LogP contribution in [0.3, 0.4) is 0 Å². The van der Waals surface area contributed by atoms with Gasteiger partial charge in [-0.2, -0.15) is 0 Å². The molecule has 0 saturated heterocycles. The van der Waals surface area contributed by atoms with Crippen molar-refractivity contribution in [2.45, 2.75) is 0 Å². The van der Waals surface area contributed by atoms with Crippen LogP contribution in [0.25, 0.3) is 38.7 Å². The molecule has 0 spiro atoms. The number of nitrogens with two attached hydrogens (primary N) is 1. The summed E-state index contributed by atoms with van der Waals surface area (Å²) >= 11 is 0. The highest BCUT2D eigenvalue weighted by molar-refractivity contribution is 6.15. The van der Waals surface area contributed by atoms with Gasteiger partial charge in [-0.25, -0.2) is 0 Å². The van der Waals surface area contributed by atoms with Crippen molar-refractivity contribution in [3.05, 3.63) is 103 Å². The lowest BCUT2D eigenvalue weighted by atomic mass is 9.97. The second-order valence-electron chi connectivity index (χ2n) is 6.82. The highest BCUT2D eigenvalue weighted by Crippen LogP contribution is 2.41. The molecule has 0 unspecified atom stereocenters. The average Bonchev–Trinajstić information content (AvgIpc) is 3.11. The third-order valence-electron chi connectivity index (χ3n) is 5.18. The lowest BCUT2D eigenvalue weighted by Gasteiger charge is -2.07. The summed E-state index contributed by atoms with van der Waals surface area (Å²) in [5, 5.41) is 2.22. The molecule has 2 N–H and O–H groups in total. The monoisotopic (exact) mass is 362 g/mol. The van der Waals surface area contributed by atoms with Crippen molar-refractivity contribution < 1.29 is 4.79 Å². The first-order valence-electron chi connectivity index (χ1n) is 9.22. The van der Waals surface area contributed by atoms with Crippen molar-refractivity contribution in [2.75, 3.05) is 0 Å². The molecule has 3 nitrogen and oxygen atoms in total. The fourth-order valence-electron chi connectivity index (χ4n) is 4.02. The molecule has 0 saturated carbocycles. The SMILES string of the molecule is NC(=O)c1c(-c2ccccc2)c2c3ccccc3ccn2c1-c1ccccc1. The van der Waals surface area contributed by atoms with Gasteiger partial charge >= 0.3 is 0 Å². The molecule has 0 aliphatic heterocycles. The van der Waals surface area contributed by atoms with E-state index in [4.69, 9.17) is 5.73 Å². The number of benzene rings is 3. The number of aromatic nitrogens is 1. The Kier molecular flexibility index (Phi) is 3.73. The zero-order valence-corrected chi connectivity index (χ0v) is 15.2. The molecule has 3 heteroatoms. The Morgan fingerprint density at radius 3 is 2.00 bits per heavy atom. The van der Waals surface area contributed by atoms with E-state index in [0.717, 1.165) is 38.7 Å². The summed E-state index contributed by atoms with van der Waals surface area (Å²) in [6.07, 6.45) is 2.03. The molecule has 3 aromatic carbocycles. The minimum Gasteiger partial charge on any atom is -0.366 e. The zero-order chi connectivity index (χ0) is 19.1. The van der Waals surface area contributed by atoms with Crippen molar-refractivity contribution >= 4 is 22.2 Å². The van der Waals surface area contributed by atoms with Crippen LogP contribution in [0.4, 0.5) is 0 Å². The standard InChI is InChI=1S/C25H18N2O/c26-25(28)22-21(18-10-3-1-4-11-18)24-20-14-8-7-9-17(20)15-16-27(24)23(22)19-12-5-2-6-13-19/h1-16H,(H2,26,28). The smallest absolute Gasteiger partial charge is 0.251 e. The summed E-state index contributed by atoms with van der Waals surface area (Å²) in [6, 6.07) is 30.2. The molecule has 0 fully saturated rings. The minimum atomic E-state index is -0.425. The van der Waals surface area contributed by atoms with Crippen molar-refractivity contribution in [1.82, 2.24) is 4.40 Å². The van der Waals surface area contributed by atoms with Gasteiger partial charge in [0.05, 0.1) is 16.8 Å². The number of hydrogen-bond acceptors (Lipinski definition) is 1. The molecule has 0 atom stereocenters. The van der Waals surface area contributed by atoms with E-state index in [1.54, 1.807) is 0 Å². The third-order valence-corrected chi connectivity index (χ3v) is 5.18. The fraction of sp³-hybridized carbons (Fsp3) is 0. The molecule has 0 bridgehead atoms. The van der Waals surface area contributed by atoms with E-state index < -0.39 is 5.91 Å². The number of hydrogen-bond donors (Lipinski definition) is 1. The summed E-state index contributed by atoms with van der Waals surface area (Å²) < 4.78 is 2.10. The Bertz CT molecular complexity index is 1320. The van der Waals surface area contributed by atoms with Crippen molar-refractivity contribution in [1.29, 1.82) is 0 Å². The molecule has 134 valence electrons. The van der Waals surface area contributed by atoms with Crippen molar-refractivity contribution in [3.8, 4) is 22.4 Å². The van der Waals surface area contributed by atoms with Gasteiger partial charge in [-0.05, 0) is 22.6 Å². The van der Waals surface area contributed by atoms with Gasteiger partial charge in [0.1, 0.15) is 0 Å². The van der Waals surface area contributed by atoms with Gasteiger partial charge in [-0.15, -0.1) is 0 Å². The predicted octanol–water partition coefficient (Wildman–Crippen LogP) is 5.53. The Morgan fingerprint density at radius 2 is 1.32 bits per heavy atom. The highest BCUT2D eigenvalue weighted by Gasteiger charge is 2.25. The van der Waals surface area contributed by atoms with Gasteiger partial charge in [0, 0.05) is 17.1 Å². The summed E-state index contributed by atoms with van der Waals surface area (Å²) in [4.78, 5) is 12.7. The number of nitrogens with zero attached hydrogens (tertiary/aromatic N) is 1. The van der Waals surface area contributed by atoms with Crippen LogP contribution < -0.4 is 5.73 Å². The summed E-state index contributed by atoms with van der Waals surface area (Å²) in [6.45, 7) is 0. The van der Waals surface area contributed by atoms with E-state index in [0.29, 0.717) is 5.56 Å². The van der Waals surface area contributed by atoms with Gasteiger partial charge < -0.3 is 10.1 Å². The van der Waals surface area contributed by atoms with E-state index in [2.05, 4.69) is 22.6 Å². The second kappa shape index (κ2) is 6.39. The van der Waals surface area contributed by atoms with Crippen LogP contribution in [0.15, 0.2) is 97.2 Å². The summed E-state index contributed by atoms with van der Waals surface area (Å²) in [5.74, 6) is -0.425. The van der Waals surface area contributed by atoms with Crippen LogP contribution in [0.2, 0.25) is 0 Å². The molecule has 2 aromatic heterocycles. The molecule has 0 aliphatic rings. The summed E-state index contributed by atoms with van der Waals surface area (Å²) in [7, 11) is 0. The molecule has 1 amide bonds. The average molecular weight is 362 g/mol. The molecule has 0 radical (unpaired) electrons. The Morgan fingerprint density at radius 1 is 0.714 bits per heavy atom. The number of pyridine rings is 1. The van der Waals surface area contributed by atoms with E-state index in [1.165, 1.54) is 0 Å². The number of fused-ring (bicyclic) bond motifs is 3. The lowest BCUT2D eigenvalue weighted by molar-refractivity contribution is 0.100. The van der Waals surface area contributed by atoms with Crippen LogP contribution in [0, 0.1) is 0 Å². The first-order valence-corrected chi connectivity index (χ1v) is 9.22. The van der Waals surface area contributed by atoms with Gasteiger partial charge in [0.25, 0.3) is 5.91 Å². The maximum Gasteiger partial charge on any atom is 0.251 e. The van der Waals surface area contributed by atoms with Crippen LogP contribution >= 0.6 is 0 Å². The normalized spacial score (nSPS) is 11.1. The van der Waals surface area contributed by atoms with Crippen LogP contribution in [0.5, 0.6) is 0 Å². The first kappa shape index (κ1) is 16.3. The Hall–Kier alpha value is -3.85. The molecule has 28 heavy (non-hydrogen) atoms. The number of carbonyl (C=O) groups excluding carboxylic acids is 1. The van der Waals surface area contributed by atoms with E-state index >= 15 is 0 Å². The highest BCUT2D eigenvalue weighted by atomic mass is 16.1. The Balaban J connectivity index is 2.05. The predicted molar refractivity (Wildman–Crippen MR) is 114 cm³/mol. The Labute approximate surface area is 162 Å². The van der Waals surface area contributed by atoms with Crippen LogP contribution in [0.1, 0.15) is 10.4 Å². The minimum absolute atomic E-state index is 0.425. The molecule has 0 aliphatic carbocycles. The number of carbonyl (C=O) groups is 1. The lowest BCUT2D eigenvalue weighted by Crippen LogP contribution is -2.12. The second-order valence-corrected chi connectivity index (χ2v) is 6.82. The molecule has 5 rings (SSSR count). The van der Waals surface area contributed by atoms with E-state index in [-0.39, 0.29) is 0 Å². The largest absolute Gasteiger partial charge is 0.366 e. The topological polar surface area (TPSA) is 47.5 Å². The van der Waals surface area contributed by atoms with Crippen LogP contribution in [-0.4, -0.2) is 10.3 Å². The molecular formula is C25H18N2O. The summed E-state index contributed by atoms with van der Waals surface area (Å²) in [5.41, 5.74) is 11.1. The van der Waals surface area contributed by atoms with E-state index in [1.807, 2.05) is 79.0 Å². The maximum atomic E-state index is 12.7. The third kappa shape index (κ3) is 2.41. The van der Waals surface area contributed by atoms with Gasteiger partial charge in [0.2, 0.25) is 0 Å². The zero-order valence-electron chi connectivity index (χ0n) is 15.2. The van der Waals surface area contributed by atoms with Gasteiger partial charge in [-0.1, -0.05) is 84.9 Å². The molecular weight excluding hydrogens is 344 g/mol. The maximum absolute atomic E-state index is 12.7. The number of primary amides is 1. The number of rotatable bonds is 3.